The van der Waals surface area contributed by atoms with E-state index < -0.39 is 24.0 Å². The van der Waals surface area contributed by atoms with Gasteiger partial charge in [0.2, 0.25) is 11.8 Å². The second-order valence-corrected chi connectivity index (χ2v) is 21.8. The van der Waals surface area contributed by atoms with Gasteiger partial charge >= 0.3 is 12.1 Å². The number of alkyl halides is 2. The molecule has 12 nitrogen and oxygen atoms in total. The summed E-state index contributed by atoms with van der Waals surface area (Å²) in [6.07, 6.45) is 7.33. The number of amides is 6. The Kier molecular flexibility index (Phi) is 14.1. The maximum atomic E-state index is 14.3. The quantitative estimate of drug-likeness (QED) is 0.228. The standard InChI is InChI=1S/2C26H35F2N3O3/c2*1-16(33)31-15-26(24-19-7-6-18(27)12-17(19)13-20(24)23(31)14-32)8-10-30(11-9-26)25(34)29-22-5-3-2-4-21(22)28/h2*2-5,17-20,23-24,32H,6-15H2,1H3,(H,29,34)/t2*17?,18?,19?,20?,23-,24?/m10/s1. The number of aliphatic hydroxyl groups is 2. The van der Waals surface area contributed by atoms with Gasteiger partial charge in [0, 0.05) is 53.1 Å². The van der Waals surface area contributed by atoms with Crippen LogP contribution in [0.1, 0.15) is 90.9 Å². The molecule has 4 heterocycles. The molecule has 2 aromatic rings. The summed E-state index contributed by atoms with van der Waals surface area (Å²) in [7, 11) is 0. The van der Waals surface area contributed by atoms with E-state index in [0.29, 0.717) is 100 Å². The van der Waals surface area contributed by atoms with Gasteiger partial charge < -0.3 is 40.4 Å². The van der Waals surface area contributed by atoms with Crippen LogP contribution < -0.4 is 10.6 Å². The molecule has 2 aromatic carbocycles. The summed E-state index contributed by atoms with van der Waals surface area (Å²) in [5.74, 6) is 1.44. The molecule has 0 bridgehead atoms. The molecular weight excluding hydrogens is 881 g/mol. The van der Waals surface area contributed by atoms with Gasteiger partial charge in [-0.2, -0.15) is 0 Å². The van der Waals surface area contributed by atoms with E-state index in [1.54, 1.807) is 60.0 Å². The van der Waals surface area contributed by atoms with Crippen LogP contribution in [0.4, 0.5) is 38.5 Å². The summed E-state index contributed by atoms with van der Waals surface area (Å²) >= 11 is 0. The Labute approximate surface area is 397 Å². The minimum atomic E-state index is -0.752. The molecule has 372 valence electrons. The fourth-order valence-corrected chi connectivity index (χ4v) is 15.7. The molecule has 4 N–H and O–H groups in total. The number of anilines is 2. The third kappa shape index (κ3) is 9.09. The van der Waals surface area contributed by atoms with Crippen molar-refractivity contribution in [3.63, 3.8) is 0 Å². The number of fused-ring (bicyclic) bond motifs is 8. The number of carbonyl (C=O) groups is 4. The topological polar surface area (TPSA) is 146 Å². The summed E-state index contributed by atoms with van der Waals surface area (Å²) in [6, 6.07) is 11.2. The van der Waals surface area contributed by atoms with E-state index in [4.69, 9.17) is 0 Å². The van der Waals surface area contributed by atoms with Gasteiger partial charge in [-0.3, -0.25) is 9.59 Å². The number of benzene rings is 2. The molecule has 68 heavy (non-hydrogen) atoms. The average molecular weight is 951 g/mol. The summed E-state index contributed by atoms with van der Waals surface area (Å²) in [5.41, 5.74) is 0.0555. The molecule has 0 aromatic heterocycles. The SMILES string of the molecule is CC(=O)N1CC2(CCN(C(=O)Nc3ccccc3F)CC2)C2C3CCC(F)CC3CC2[C@@H]1CO.CC(=O)N1CC2(CCN(C(=O)Nc3ccccc3F)CC2)C2C3CCC(F)CC3CC2[C@H]1CO. The molecule has 0 radical (unpaired) electrons. The van der Waals surface area contributed by atoms with Gasteiger partial charge in [0.25, 0.3) is 0 Å². The summed E-state index contributed by atoms with van der Waals surface area (Å²) in [4.78, 5) is 58.1. The largest absolute Gasteiger partial charge is 0.394 e. The lowest BCUT2D eigenvalue weighted by Crippen LogP contribution is -2.63. The van der Waals surface area contributed by atoms with Gasteiger partial charge in [-0.05, 0) is 159 Å². The number of nitrogens with zero attached hydrogens (tertiary/aromatic N) is 4. The van der Waals surface area contributed by atoms with Gasteiger partial charge in [-0.15, -0.1) is 0 Å². The van der Waals surface area contributed by atoms with E-state index in [1.165, 1.54) is 12.1 Å². The highest BCUT2D eigenvalue weighted by molar-refractivity contribution is 5.90. The number of rotatable bonds is 4. The number of piperidine rings is 4. The number of nitrogens with one attached hydrogen (secondary N) is 2. The van der Waals surface area contributed by atoms with Crippen molar-refractivity contribution in [2.45, 2.75) is 115 Å². The van der Waals surface area contributed by atoms with Crippen molar-refractivity contribution in [3.05, 3.63) is 60.2 Å². The van der Waals surface area contributed by atoms with Gasteiger partial charge in [0.1, 0.15) is 24.0 Å². The van der Waals surface area contributed by atoms with E-state index in [2.05, 4.69) is 10.6 Å². The second kappa shape index (κ2) is 19.8. The molecule has 6 amide bonds. The van der Waals surface area contributed by atoms with Gasteiger partial charge in [0.05, 0.1) is 36.7 Å². The molecule has 4 saturated heterocycles. The predicted molar refractivity (Wildman–Crippen MR) is 248 cm³/mol. The molecule has 8 fully saturated rings. The van der Waals surface area contributed by atoms with E-state index >= 15 is 0 Å². The Morgan fingerprint density at radius 3 is 1.28 bits per heavy atom. The first-order valence-corrected chi connectivity index (χ1v) is 25.3. The van der Waals surface area contributed by atoms with E-state index in [-0.39, 0.29) is 83.2 Å². The van der Waals surface area contributed by atoms with Crippen molar-refractivity contribution in [1.82, 2.24) is 19.6 Å². The third-order valence-corrected chi connectivity index (χ3v) is 18.6. The Bertz CT molecular complexity index is 2020. The van der Waals surface area contributed by atoms with Crippen LogP contribution in [0.3, 0.4) is 0 Å². The Hall–Kier alpha value is -4.44. The van der Waals surface area contributed by atoms with Crippen LogP contribution in [-0.2, 0) is 9.59 Å². The zero-order valence-corrected chi connectivity index (χ0v) is 39.5. The van der Waals surface area contributed by atoms with E-state index in [0.717, 1.165) is 51.4 Å². The Morgan fingerprint density at radius 2 is 0.941 bits per heavy atom. The summed E-state index contributed by atoms with van der Waals surface area (Å²) in [5, 5.41) is 25.9. The maximum Gasteiger partial charge on any atom is 0.321 e. The number of likely N-dealkylation sites (tertiary alicyclic amines) is 4. The van der Waals surface area contributed by atoms with Crippen LogP contribution in [0.25, 0.3) is 0 Å². The van der Waals surface area contributed by atoms with Gasteiger partial charge in [-0.1, -0.05) is 24.3 Å². The van der Waals surface area contributed by atoms with Crippen molar-refractivity contribution in [1.29, 1.82) is 0 Å². The molecule has 16 heteroatoms. The lowest BCUT2D eigenvalue weighted by atomic mass is 9.57. The predicted octanol–water partition coefficient (Wildman–Crippen LogP) is 8.11. The number of halogens is 4. The summed E-state index contributed by atoms with van der Waals surface area (Å²) < 4.78 is 56.6. The van der Waals surface area contributed by atoms with Crippen LogP contribution >= 0.6 is 0 Å². The van der Waals surface area contributed by atoms with Gasteiger partial charge in [0.15, 0.2) is 0 Å². The molecule has 10 rings (SSSR count). The third-order valence-electron chi connectivity index (χ3n) is 18.6. The Balaban J connectivity index is 0.000000170. The highest BCUT2D eigenvalue weighted by Crippen LogP contribution is 2.64. The van der Waals surface area contributed by atoms with Crippen molar-refractivity contribution in [2.24, 2.45) is 58.2 Å². The van der Waals surface area contributed by atoms with Crippen molar-refractivity contribution < 1.29 is 47.0 Å². The normalized spacial score (nSPS) is 34.5. The fraction of sp³-hybridized carbons (Fsp3) is 0.692. The average Bonchev–Trinajstić information content (AvgIpc) is 3.90. The highest BCUT2D eigenvalue weighted by atomic mass is 19.1. The first kappa shape index (κ1) is 48.6. The van der Waals surface area contributed by atoms with E-state index in [1.807, 2.05) is 9.80 Å². The smallest absolute Gasteiger partial charge is 0.321 e. The zero-order chi connectivity index (χ0) is 48.1. The van der Waals surface area contributed by atoms with Crippen LogP contribution in [-0.4, -0.2) is 131 Å². The molecule has 12 atom stereocenters. The summed E-state index contributed by atoms with van der Waals surface area (Å²) in [6.45, 7) is 6.29. The van der Waals surface area contributed by atoms with Crippen LogP contribution in [0.2, 0.25) is 0 Å². The monoisotopic (exact) mass is 951 g/mol. The minimum Gasteiger partial charge on any atom is -0.394 e. The lowest BCUT2D eigenvalue weighted by Gasteiger charge is -2.57. The minimum absolute atomic E-state index is 0.0326. The highest BCUT2D eigenvalue weighted by Gasteiger charge is 2.63. The number of aliphatic hydroxyl groups excluding tert-OH is 2. The molecule has 4 aliphatic carbocycles. The molecule has 2 spiro atoms. The lowest BCUT2D eigenvalue weighted by molar-refractivity contribution is -0.151. The van der Waals surface area contributed by atoms with Crippen LogP contribution in [0.5, 0.6) is 0 Å². The fourth-order valence-electron chi connectivity index (χ4n) is 15.7. The second-order valence-electron chi connectivity index (χ2n) is 21.8. The number of carbonyl (C=O) groups excluding carboxylic acids is 4. The molecule has 4 saturated carbocycles. The number of hydrogen-bond donors (Lipinski definition) is 4. The van der Waals surface area contributed by atoms with Crippen LogP contribution in [0.15, 0.2) is 48.5 Å². The first-order chi connectivity index (χ1) is 32.7. The number of para-hydroxylation sites is 2. The molecular formula is C52H70F4N6O6. The van der Waals surface area contributed by atoms with Crippen LogP contribution in [0, 0.1) is 69.8 Å². The number of hydrogen-bond acceptors (Lipinski definition) is 6. The first-order valence-electron chi connectivity index (χ1n) is 25.3. The van der Waals surface area contributed by atoms with E-state index in [9.17, 15) is 47.0 Å². The van der Waals surface area contributed by atoms with Crippen molar-refractivity contribution in [2.75, 3.05) is 63.1 Å². The van der Waals surface area contributed by atoms with Crippen molar-refractivity contribution >= 4 is 35.3 Å². The molecule has 4 aliphatic heterocycles. The number of urea groups is 2. The van der Waals surface area contributed by atoms with Crippen molar-refractivity contribution in [3.8, 4) is 0 Å². The maximum absolute atomic E-state index is 14.3. The molecule has 10 unspecified atom stereocenters. The molecule has 8 aliphatic rings. The Morgan fingerprint density at radius 1 is 0.574 bits per heavy atom. The zero-order valence-electron chi connectivity index (χ0n) is 39.5. The van der Waals surface area contributed by atoms with Gasteiger partial charge in [-0.25, -0.2) is 27.2 Å².